The van der Waals surface area contributed by atoms with Crippen LogP contribution in [0.3, 0.4) is 0 Å². The molecule has 1 aromatic heterocycles. The van der Waals surface area contributed by atoms with Gasteiger partial charge < -0.3 is 9.31 Å². The molecule has 1 fully saturated rings. The van der Waals surface area contributed by atoms with Crippen LogP contribution in [0.2, 0.25) is 0 Å². The van der Waals surface area contributed by atoms with Gasteiger partial charge in [0, 0.05) is 11.8 Å². The lowest BCUT2D eigenvalue weighted by molar-refractivity contribution is 0.00578. The minimum Gasteiger partial charge on any atom is -0.398 e. The molecule has 2 aromatic rings. The zero-order valence-electron chi connectivity index (χ0n) is 12.8. The average molecular weight is 282 g/mol. The maximum atomic E-state index is 6.03. The first-order valence-corrected chi connectivity index (χ1v) is 7.13. The predicted octanol–water partition coefficient (Wildman–Crippen LogP) is 2.44. The van der Waals surface area contributed by atoms with Crippen molar-refractivity contribution in [2.45, 2.75) is 38.9 Å². The highest BCUT2D eigenvalue weighted by Gasteiger charge is 2.52. The Bertz CT molecular complexity index is 628. The van der Waals surface area contributed by atoms with E-state index in [1.54, 1.807) is 6.20 Å². The van der Waals surface area contributed by atoms with Gasteiger partial charge in [-0.3, -0.25) is 0 Å². The summed E-state index contributed by atoms with van der Waals surface area (Å²) in [6.45, 7) is 8.14. The summed E-state index contributed by atoms with van der Waals surface area (Å²) in [5, 5.41) is 0. The first-order chi connectivity index (χ1) is 9.89. The highest BCUT2D eigenvalue weighted by molar-refractivity contribution is 6.61. The molecule has 1 aliphatic heterocycles. The molecule has 108 valence electrons. The van der Waals surface area contributed by atoms with Crippen LogP contribution < -0.4 is 5.59 Å². The average Bonchev–Trinajstić information content (AvgIpc) is 2.69. The Balaban J connectivity index is 1.92. The molecule has 0 atom stereocenters. The molecule has 0 aliphatic carbocycles. The molecule has 2 heterocycles. The van der Waals surface area contributed by atoms with Crippen molar-refractivity contribution in [1.82, 2.24) is 9.97 Å². The van der Waals surface area contributed by atoms with E-state index in [1.807, 2.05) is 64.1 Å². The summed E-state index contributed by atoms with van der Waals surface area (Å²) in [5.74, 6) is 0.683. The summed E-state index contributed by atoms with van der Waals surface area (Å²) < 4.78 is 12.1. The molecule has 0 spiro atoms. The van der Waals surface area contributed by atoms with Gasteiger partial charge in [0.15, 0.2) is 5.82 Å². The zero-order chi connectivity index (χ0) is 15.1. The smallest absolute Gasteiger partial charge is 0.398 e. The zero-order valence-corrected chi connectivity index (χ0v) is 12.8. The van der Waals surface area contributed by atoms with Gasteiger partial charge >= 0.3 is 7.12 Å². The van der Waals surface area contributed by atoms with Gasteiger partial charge in [-0.1, -0.05) is 30.3 Å². The van der Waals surface area contributed by atoms with E-state index >= 15 is 0 Å². The van der Waals surface area contributed by atoms with Crippen LogP contribution >= 0.6 is 0 Å². The van der Waals surface area contributed by atoms with Crippen molar-refractivity contribution in [3.8, 4) is 11.4 Å². The third-order valence-electron chi connectivity index (χ3n) is 4.20. The Kier molecular flexibility index (Phi) is 3.34. The normalized spacial score (nSPS) is 19.7. The summed E-state index contributed by atoms with van der Waals surface area (Å²) in [4.78, 5) is 8.93. The van der Waals surface area contributed by atoms with Crippen LogP contribution in [-0.4, -0.2) is 28.3 Å². The van der Waals surface area contributed by atoms with Crippen molar-refractivity contribution in [3.63, 3.8) is 0 Å². The number of aromatic nitrogens is 2. The lowest BCUT2D eigenvalue weighted by Crippen LogP contribution is -2.41. The van der Waals surface area contributed by atoms with Gasteiger partial charge in [-0.05, 0) is 33.8 Å². The number of benzene rings is 1. The number of hydrogen-bond donors (Lipinski definition) is 0. The van der Waals surface area contributed by atoms with Crippen molar-refractivity contribution in [2.24, 2.45) is 0 Å². The summed E-state index contributed by atoms with van der Waals surface area (Å²) in [6, 6.07) is 11.7. The predicted molar refractivity (Wildman–Crippen MR) is 83.2 cm³/mol. The molecule has 3 rings (SSSR count). The number of rotatable bonds is 2. The van der Waals surface area contributed by atoms with Crippen LogP contribution in [0.25, 0.3) is 11.4 Å². The van der Waals surface area contributed by atoms with Crippen LogP contribution in [0, 0.1) is 0 Å². The fourth-order valence-corrected chi connectivity index (χ4v) is 2.19. The van der Waals surface area contributed by atoms with E-state index in [0.29, 0.717) is 5.82 Å². The van der Waals surface area contributed by atoms with E-state index in [2.05, 4.69) is 9.97 Å². The molecule has 1 aromatic carbocycles. The molecule has 1 aliphatic rings. The van der Waals surface area contributed by atoms with Gasteiger partial charge in [0.05, 0.1) is 16.8 Å². The van der Waals surface area contributed by atoms with Crippen molar-refractivity contribution in [1.29, 1.82) is 0 Å². The molecule has 0 amide bonds. The quantitative estimate of drug-likeness (QED) is 0.794. The standard InChI is InChI=1S/C16H19BN2O2/c1-15(2)16(3,4)21-17(20-15)13-10-11-18-14(19-13)12-8-6-5-7-9-12/h5-11H,1-4H3. The Morgan fingerprint density at radius 1 is 0.905 bits per heavy atom. The Morgan fingerprint density at radius 2 is 1.52 bits per heavy atom. The Hall–Kier alpha value is -1.72. The minimum absolute atomic E-state index is 0.366. The fourth-order valence-electron chi connectivity index (χ4n) is 2.19. The molecular weight excluding hydrogens is 263 g/mol. The maximum absolute atomic E-state index is 6.03. The highest BCUT2D eigenvalue weighted by atomic mass is 16.7. The van der Waals surface area contributed by atoms with Gasteiger partial charge in [0.25, 0.3) is 0 Å². The number of hydrogen-bond acceptors (Lipinski definition) is 4. The summed E-state index contributed by atoms with van der Waals surface area (Å²) in [6.07, 6.45) is 1.75. The molecule has 21 heavy (non-hydrogen) atoms. The lowest BCUT2D eigenvalue weighted by atomic mass is 9.84. The van der Waals surface area contributed by atoms with Crippen molar-refractivity contribution in [2.75, 3.05) is 0 Å². The first kappa shape index (κ1) is 14.2. The summed E-state index contributed by atoms with van der Waals surface area (Å²) in [7, 11) is -0.458. The van der Waals surface area contributed by atoms with Crippen LogP contribution in [0.5, 0.6) is 0 Å². The second-order valence-electron chi connectivity index (χ2n) is 6.26. The van der Waals surface area contributed by atoms with E-state index in [-0.39, 0.29) is 11.2 Å². The largest absolute Gasteiger partial charge is 0.514 e. The van der Waals surface area contributed by atoms with E-state index in [9.17, 15) is 0 Å². The van der Waals surface area contributed by atoms with Gasteiger partial charge in [-0.25, -0.2) is 9.97 Å². The number of nitrogens with zero attached hydrogens (tertiary/aromatic N) is 2. The molecule has 0 N–H and O–H groups in total. The molecular formula is C16H19BN2O2. The van der Waals surface area contributed by atoms with Crippen LogP contribution in [0.4, 0.5) is 0 Å². The molecule has 4 nitrogen and oxygen atoms in total. The lowest BCUT2D eigenvalue weighted by Gasteiger charge is -2.32. The van der Waals surface area contributed by atoms with E-state index < -0.39 is 7.12 Å². The van der Waals surface area contributed by atoms with Crippen LogP contribution in [0.1, 0.15) is 27.7 Å². The second-order valence-corrected chi connectivity index (χ2v) is 6.26. The minimum atomic E-state index is -0.458. The SMILES string of the molecule is CC1(C)OB(c2ccnc(-c3ccccc3)n2)OC1(C)C. The molecule has 0 radical (unpaired) electrons. The van der Waals surface area contributed by atoms with Gasteiger partial charge in [-0.15, -0.1) is 0 Å². The van der Waals surface area contributed by atoms with Gasteiger partial charge in [-0.2, -0.15) is 0 Å². The first-order valence-electron chi connectivity index (χ1n) is 7.13. The van der Waals surface area contributed by atoms with E-state index in [4.69, 9.17) is 9.31 Å². The fraction of sp³-hybridized carbons (Fsp3) is 0.375. The van der Waals surface area contributed by atoms with E-state index in [0.717, 1.165) is 11.2 Å². The third kappa shape index (κ3) is 2.59. The highest BCUT2D eigenvalue weighted by Crippen LogP contribution is 2.36. The summed E-state index contributed by atoms with van der Waals surface area (Å²) >= 11 is 0. The van der Waals surface area contributed by atoms with Gasteiger partial charge in [0.2, 0.25) is 0 Å². The molecule has 0 bridgehead atoms. The van der Waals surface area contributed by atoms with Crippen molar-refractivity contribution < 1.29 is 9.31 Å². The van der Waals surface area contributed by atoms with Crippen molar-refractivity contribution in [3.05, 3.63) is 42.6 Å². The third-order valence-corrected chi connectivity index (χ3v) is 4.20. The molecule has 5 heteroatoms. The molecule has 1 saturated heterocycles. The van der Waals surface area contributed by atoms with Crippen LogP contribution in [0.15, 0.2) is 42.6 Å². The van der Waals surface area contributed by atoms with E-state index in [1.165, 1.54) is 0 Å². The molecule has 0 unspecified atom stereocenters. The summed E-state index contributed by atoms with van der Waals surface area (Å²) in [5.41, 5.74) is 1.00. The monoisotopic (exact) mass is 282 g/mol. The second kappa shape index (κ2) is 4.93. The maximum Gasteiger partial charge on any atom is 0.514 e. The topological polar surface area (TPSA) is 44.2 Å². The van der Waals surface area contributed by atoms with Crippen LogP contribution in [-0.2, 0) is 9.31 Å². The van der Waals surface area contributed by atoms with Gasteiger partial charge in [0.1, 0.15) is 0 Å². The molecule has 0 saturated carbocycles. The Labute approximate surface area is 125 Å². The van der Waals surface area contributed by atoms with Crippen molar-refractivity contribution >= 4 is 12.7 Å². The Morgan fingerprint density at radius 3 is 2.14 bits per heavy atom.